The summed E-state index contributed by atoms with van der Waals surface area (Å²) < 4.78 is 52.9. The Labute approximate surface area is 226 Å². The molecule has 0 unspecified atom stereocenters. The van der Waals surface area contributed by atoms with Gasteiger partial charge in [-0.25, -0.2) is 9.79 Å². The molecule has 4 rings (SSSR count). The first kappa shape index (κ1) is 27.8. The number of halogens is 2. The number of aromatic nitrogens is 1. The summed E-state index contributed by atoms with van der Waals surface area (Å²) in [5.74, 6) is 0.273. The Hall–Kier alpha value is -4.19. The van der Waals surface area contributed by atoms with Gasteiger partial charge in [-0.2, -0.15) is 8.78 Å². The molecule has 0 saturated carbocycles. The summed E-state index contributed by atoms with van der Waals surface area (Å²) in [5, 5.41) is 0. The average molecular weight is 561 g/mol. The van der Waals surface area contributed by atoms with Crippen LogP contribution >= 0.6 is 11.3 Å². The van der Waals surface area contributed by atoms with Gasteiger partial charge in [0, 0.05) is 0 Å². The van der Waals surface area contributed by atoms with Crippen molar-refractivity contribution in [2.45, 2.75) is 26.5 Å². The van der Waals surface area contributed by atoms with E-state index in [-0.39, 0.29) is 23.7 Å². The Morgan fingerprint density at radius 1 is 1.05 bits per heavy atom. The van der Waals surface area contributed by atoms with E-state index >= 15 is 0 Å². The maximum absolute atomic E-state index is 13.8. The van der Waals surface area contributed by atoms with Gasteiger partial charge in [0.15, 0.2) is 27.8 Å². The normalized spacial score (nSPS) is 15.1. The molecule has 0 spiro atoms. The van der Waals surface area contributed by atoms with Crippen molar-refractivity contribution in [3.63, 3.8) is 0 Å². The number of methoxy groups -OCH3 is 3. The molecule has 0 bridgehead atoms. The third-order valence-electron chi connectivity index (χ3n) is 5.94. The van der Waals surface area contributed by atoms with Crippen LogP contribution in [0.1, 0.15) is 31.0 Å². The van der Waals surface area contributed by atoms with Crippen molar-refractivity contribution >= 4 is 23.4 Å². The predicted molar refractivity (Wildman–Crippen MR) is 140 cm³/mol. The van der Waals surface area contributed by atoms with Crippen molar-refractivity contribution in [2.75, 3.05) is 27.9 Å². The Morgan fingerprint density at radius 3 is 2.36 bits per heavy atom. The fourth-order valence-corrected chi connectivity index (χ4v) is 5.30. The molecular weight excluding hydrogens is 534 g/mol. The zero-order valence-electron chi connectivity index (χ0n) is 21.8. The number of alkyl halides is 2. The molecule has 1 aromatic heterocycles. The fraction of sp³-hybridized carbons (Fsp3) is 0.296. The molecule has 0 saturated heterocycles. The van der Waals surface area contributed by atoms with Gasteiger partial charge >= 0.3 is 12.6 Å². The van der Waals surface area contributed by atoms with Crippen LogP contribution in [-0.4, -0.2) is 45.1 Å². The summed E-state index contributed by atoms with van der Waals surface area (Å²) in [7, 11) is 4.33. The minimum atomic E-state index is -3.01. The highest BCUT2D eigenvalue weighted by atomic mass is 32.1. The number of benzene rings is 2. The van der Waals surface area contributed by atoms with Crippen molar-refractivity contribution in [1.82, 2.24) is 4.57 Å². The molecule has 9 nitrogen and oxygen atoms in total. The molecule has 2 aromatic carbocycles. The van der Waals surface area contributed by atoms with Crippen molar-refractivity contribution in [3.05, 3.63) is 78.5 Å². The molecule has 0 fully saturated rings. The van der Waals surface area contributed by atoms with Crippen LogP contribution in [0.2, 0.25) is 0 Å². The number of rotatable bonds is 9. The molecule has 0 aliphatic carbocycles. The largest absolute Gasteiger partial charge is 0.493 e. The first-order valence-electron chi connectivity index (χ1n) is 11.8. The lowest BCUT2D eigenvalue weighted by Crippen LogP contribution is -2.39. The van der Waals surface area contributed by atoms with Crippen LogP contribution in [0.5, 0.6) is 23.0 Å². The Bertz CT molecular complexity index is 1610. The monoisotopic (exact) mass is 560 g/mol. The number of ether oxygens (including phenoxy) is 5. The molecule has 1 atom stereocenters. The van der Waals surface area contributed by atoms with Gasteiger partial charge in [0.05, 0.1) is 49.8 Å². The number of esters is 1. The van der Waals surface area contributed by atoms with Gasteiger partial charge in [-0.3, -0.25) is 9.36 Å². The molecular formula is C27H26F2N2O7S. The summed E-state index contributed by atoms with van der Waals surface area (Å²) >= 11 is 1.13. The van der Waals surface area contributed by atoms with E-state index in [4.69, 9.17) is 18.9 Å². The second kappa shape index (κ2) is 11.7. The van der Waals surface area contributed by atoms with E-state index < -0.39 is 24.2 Å². The maximum Gasteiger partial charge on any atom is 0.387 e. The number of allylic oxidation sites excluding steroid dienone is 1. The van der Waals surface area contributed by atoms with Crippen LogP contribution < -0.4 is 33.8 Å². The number of carbonyl (C=O) groups excluding carboxylic acids is 1. The van der Waals surface area contributed by atoms with Gasteiger partial charge < -0.3 is 23.7 Å². The molecule has 0 N–H and O–H groups in total. The summed E-state index contributed by atoms with van der Waals surface area (Å²) in [6.45, 7) is 0.511. The highest BCUT2D eigenvalue weighted by Gasteiger charge is 2.34. The zero-order chi connectivity index (χ0) is 28.3. The van der Waals surface area contributed by atoms with Gasteiger partial charge in [0.1, 0.15) is 0 Å². The Balaban J connectivity index is 1.91. The first-order chi connectivity index (χ1) is 18.7. The van der Waals surface area contributed by atoms with E-state index in [0.29, 0.717) is 37.7 Å². The third kappa shape index (κ3) is 5.51. The zero-order valence-corrected chi connectivity index (χ0v) is 22.6. The lowest BCUT2D eigenvalue weighted by molar-refractivity contribution is -0.139. The Morgan fingerprint density at radius 2 is 1.72 bits per heavy atom. The van der Waals surface area contributed by atoms with Crippen LogP contribution in [0.3, 0.4) is 0 Å². The van der Waals surface area contributed by atoms with E-state index in [1.165, 1.54) is 44.1 Å². The number of fused-ring (bicyclic) bond motifs is 1. The standard InChI is InChI=1S/C27H26F2N2O7S/c1-6-37-25(33)22-14(2)30-27-31(23(22)16-8-10-17(34-3)20(13-16)36-5)24(32)21(39-27)12-15-7-9-18(38-26(28)29)19(11-15)35-4/h7-13,23,26H,6H2,1-5H3/b21-12+/t23-/m0/s1. The molecule has 1 aliphatic heterocycles. The average Bonchev–Trinajstić information content (AvgIpc) is 3.21. The number of hydrogen-bond acceptors (Lipinski definition) is 9. The molecule has 39 heavy (non-hydrogen) atoms. The SMILES string of the molecule is CCOC(=O)C1=C(C)N=c2s/c(=C/c3ccc(OC(F)F)c(OC)c3)c(=O)n2[C@H]1c1ccc(OC)c(OC)c1. The van der Waals surface area contributed by atoms with Crippen LogP contribution in [-0.2, 0) is 9.53 Å². The molecule has 1 aliphatic rings. The van der Waals surface area contributed by atoms with E-state index in [9.17, 15) is 18.4 Å². The van der Waals surface area contributed by atoms with Crippen LogP contribution in [0, 0.1) is 0 Å². The number of thiazole rings is 1. The van der Waals surface area contributed by atoms with Crippen molar-refractivity contribution < 1.29 is 37.3 Å². The first-order valence-corrected chi connectivity index (χ1v) is 12.6. The summed E-state index contributed by atoms with van der Waals surface area (Å²) in [4.78, 5) is 31.8. The second-order valence-electron chi connectivity index (χ2n) is 8.21. The molecule has 206 valence electrons. The van der Waals surface area contributed by atoms with Gasteiger partial charge in [-0.05, 0) is 55.3 Å². The smallest absolute Gasteiger partial charge is 0.387 e. The topological polar surface area (TPSA) is 97.6 Å². The number of carbonyl (C=O) groups is 1. The summed E-state index contributed by atoms with van der Waals surface area (Å²) in [6.07, 6.45) is 1.59. The van der Waals surface area contributed by atoms with E-state index in [0.717, 1.165) is 11.3 Å². The highest BCUT2D eigenvalue weighted by Crippen LogP contribution is 2.36. The summed E-state index contributed by atoms with van der Waals surface area (Å²) in [5.41, 5.74) is 1.34. The summed E-state index contributed by atoms with van der Waals surface area (Å²) in [6, 6.07) is 8.63. The Kier molecular flexibility index (Phi) is 8.34. The highest BCUT2D eigenvalue weighted by molar-refractivity contribution is 7.07. The lowest BCUT2D eigenvalue weighted by atomic mass is 9.95. The molecule has 2 heterocycles. The molecule has 3 aromatic rings. The minimum Gasteiger partial charge on any atom is -0.493 e. The minimum absolute atomic E-state index is 0.0838. The third-order valence-corrected chi connectivity index (χ3v) is 6.92. The maximum atomic E-state index is 13.8. The number of nitrogens with zero attached hydrogens (tertiary/aromatic N) is 2. The predicted octanol–water partition coefficient (Wildman–Crippen LogP) is 3.43. The van der Waals surface area contributed by atoms with Gasteiger partial charge in [0.25, 0.3) is 5.56 Å². The van der Waals surface area contributed by atoms with Gasteiger partial charge in [-0.1, -0.05) is 23.5 Å². The van der Waals surface area contributed by atoms with E-state index in [1.54, 1.807) is 38.1 Å². The van der Waals surface area contributed by atoms with Crippen LogP contribution in [0.4, 0.5) is 8.78 Å². The lowest BCUT2D eigenvalue weighted by Gasteiger charge is -2.25. The van der Waals surface area contributed by atoms with Crippen LogP contribution in [0.25, 0.3) is 6.08 Å². The van der Waals surface area contributed by atoms with Gasteiger partial charge in [0.2, 0.25) is 0 Å². The van der Waals surface area contributed by atoms with Crippen molar-refractivity contribution in [1.29, 1.82) is 0 Å². The molecule has 12 heteroatoms. The second-order valence-corrected chi connectivity index (χ2v) is 9.21. The van der Waals surface area contributed by atoms with Gasteiger partial charge in [-0.15, -0.1) is 0 Å². The molecule has 0 amide bonds. The van der Waals surface area contributed by atoms with E-state index in [1.807, 2.05) is 0 Å². The van der Waals surface area contributed by atoms with Crippen molar-refractivity contribution in [2.24, 2.45) is 4.99 Å². The van der Waals surface area contributed by atoms with Crippen LogP contribution in [0.15, 0.2) is 57.5 Å². The van der Waals surface area contributed by atoms with E-state index in [2.05, 4.69) is 9.73 Å². The van der Waals surface area contributed by atoms with Crippen molar-refractivity contribution in [3.8, 4) is 23.0 Å². The molecule has 0 radical (unpaired) electrons. The number of hydrogen-bond donors (Lipinski definition) is 0. The fourth-order valence-electron chi connectivity index (χ4n) is 4.25. The quantitative estimate of drug-likeness (QED) is 0.370.